The van der Waals surface area contributed by atoms with Crippen LogP contribution in [-0.4, -0.2) is 67.3 Å². The van der Waals surface area contributed by atoms with E-state index in [1.165, 1.54) is 118 Å². The van der Waals surface area contributed by atoms with Gasteiger partial charge in [-0.05, 0) is 144 Å². The van der Waals surface area contributed by atoms with E-state index < -0.39 is 81.7 Å². The minimum absolute atomic E-state index is 0.0971. The number of para-hydroxylation sites is 2. The van der Waals surface area contributed by atoms with Gasteiger partial charge < -0.3 is 40.0 Å². The third-order valence-corrected chi connectivity index (χ3v) is 20.7. The highest BCUT2D eigenvalue weighted by molar-refractivity contribution is 7.95. The number of hydrogen-bond donors (Lipinski definition) is 8. The summed E-state index contributed by atoms with van der Waals surface area (Å²) in [6.07, 6.45) is -1.57. The molecule has 0 bridgehead atoms. The number of aliphatic hydroxyl groups is 2. The molecule has 16 nitrogen and oxygen atoms in total. The number of nitrogens with zero attached hydrogens (tertiary/aromatic N) is 2. The molecule has 2 aliphatic heterocycles. The molecule has 80 heavy (non-hydrogen) atoms. The first-order valence-corrected chi connectivity index (χ1v) is 31.2. The summed E-state index contributed by atoms with van der Waals surface area (Å²) in [5.41, 5.74) is 4.99. The Balaban J connectivity index is 0.000000194. The SMILES string of the molecule is O=P(O)(O)c1ccc(-c2ccc([C@@H]3[C@@H](CC[C@H](O)c4ccc(F)cc4)S(=O)(=O)N3c3ccccc3)c(O)c2)cc1.O=P(O)(O)c1ccc(-c2ccc([C@@H]3[C@H](CC[C@H](O)c4ccc(F)cc4)S(=O)(=O)N3c3ccccc3)c(O)c2)cc1. The van der Waals surface area contributed by atoms with Gasteiger partial charge in [-0.2, -0.15) is 0 Å². The molecule has 2 fully saturated rings. The molecule has 8 aromatic carbocycles. The van der Waals surface area contributed by atoms with Crippen LogP contribution in [-0.2, 0) is 29.2 Å². The van der Waals surface area contributed by atoms with E-state index in [4.69, 9.17) is 0 Å². The second kappa shape index (κ2) is 23.2. The highest BCUT2D eigenvalue weighted by atomic mass is 32.2. The Kier molecular flexibility index (Phi) is 16.7. The quantitative estimate of drug-likeness (QED) is 0.0419. The smallest absolute Gasteiger partial charge is 0.356 e. The third kappa shape index (κ3) is 12.2. The van der Waals surface area contributed by atoms with Crippen molar-refractivity contribution in [2.75, 3.05) is 8.61 Å². The number of aliphatic hydroxyl groups excluding tert-OH is 2. The first-order valence-electron chi connectivity index (χ1n) is 25.0. The number of aromatic hydroxyl groups is 2. The fourth-order valence-corrected chi connectivity index (χ4v) is 15.4. The maximum Gasteiger partial charge on any atom is 0.356 e. The fraction of sp³-hybridized carbons (Fsp3) is 0.172. The second-order valence-corrected chi connectivity index (χ2v) is 26.6. The standard InChI is InChI=1S/2C29H27FNO7PS/c2*30-22-11-6-20(7-12-22)26(32)16-17-28-29(31(40(28,37)38)23-4-2-1-3-5-23)25-15-10-21(18-27(25)33)19-8-13-24(14-9-19)39(34,35)36/h2*1-15,18,26,28-29,32-33H,16-17H2,(H2,34,35,36)/t26-,28+,29+;26-,28-,29+/m00/s1. The molecular formula is C58H54F2N2O14P2S2. The molecule has 2 saturated heterocycles. The predicted molar refractivity (Wildman–Crippen MR) is 300 cm³/mol. The van der Waals surface area contributed by atoms with Gasteiger partial charge >= 0.3 is 15.2 Å². The van der Waals surface area contributed by atoms with Gasteiger partial charge in [0.15, 0.2) is 0 Å². The summed E-state index contributed by atoms with van der Waals surface area (Å²) in [7, 11) is -16.4. The summed E-state index contributed by atoms with van der Waals surface area (Å²) >= 11 is 0. The van der Waals surface area contributed by atoms with Crippen LogP contribution in [0, 0.1) is 11.6 Å². The van der Waals surface area contributed by atoms with Crippen molar-refractivity contribution in [2.24, 2.45) is 0 Å². The molecule has 0 aromatic heterocycles. The van der Waals surface area contributed by atoms with Gasteiger partial charge in [-0.3, -0.25) is 17.7 Å². The van der Waals surface area contributed by atoms with Gasteiger partial charge in [0, 0.05) is 11.1 Å². The van der Waals surface area contributed by atoms with Crippen molar-refractivity contribution in [1.82, 2.24) is 0 Å². The average Bonchev–Trinajstić information content (AvgIpc) is 3.63. The van der Waals surface area contributed by atoms with Crippen molar-refractivity contribution in [3.05, 3.63) is 228 Å². The van der Waals surface area contributed by atoms with Crippen LogP contribution in [0.5, 0.6) is 11.5 Å². The van der Waals surface area contributed by atoms with Gasteiger partial charge in [-0.25, -0.2) is 25.6 Å². The fourth-order valence-electron chi connectivity index (χ4n) is 10.1. The maximum absolute atomic E-state index is 13.5. The van der Waals surface area contributed by atoms with Gasteiger partial charge in [0.25, 0.3) is 0 Å². The Morgan fingerprint density at radius 3 is 1.05 bits per heavy atom. The van der Waals surface area contributed by atoms with Gasteiger partial charge in [-0.1, -0.05) is 109 Å². The van der Waals surface area contributed by atoms with E-state index in [1.54, 1.807) is 84.9 Å². The van der Waals surface area contributed by atoms with Crippen LogP contribution in [0.4, 0.5) is 20.2 Å². The lowest BCUT2D eigenvalue weighted by molar-refractivity contribution is 0.161. The van der Waals surface area contributed by atoms with Crippen LogP contribution < -0.4 is 19.2 Å². The highest BCUT2D eigenvalue weighted by Gasteiger charge is 2.56. The van der Waals surface area contributed by atoms with Crippen molar-refractivity contribution in [3.63, 3.8) is 0 Å². The number of phenols is 2. The molecule has 8 aromatic rings. The Hall–Kier alpha value is -7.06. The minimum atomic E-state index is -4.39. The summed E-state index contributed by atoms with van der Waals surface area (Å²) in [5.74, 6) is -1.15. The van der Waals surface area contributed by atoms with E-state index in [0.717, 1.165) is 0 Å². The molecule has 8 N–H and O–H groups in total. The van der Waals surface area contributed by atoms with E-state index >= 15 is 0 Å². The molecule has 2 aliphatic rings. The van der Waals surface area contributed by atoms with Crippen molar-refractivity contribution < 1.29 is 74.7 Å². The molecular weight excluding hydrogens is 1110 g/mol. The number of benzene rings is 8. The number of anilines is 2. The van der Waals surface area contributed by atoms with Crippen molar-refractivity contribution in [2.45, 2.75) is 60.5 Å². The lowest BCUT2D eigenvalue weighted by Crippen LogP contribution is -2.58. The summed E-state index contributed by atoms with van der Waals surface area (Å²) in [5, 5.41) is 41.3. The molecule has 0 saturated carbocycles. The summed E-state index contributed by atoms with van der Waals surface area (Å²) < 4.78 is 106. The Morgan fingerprint density at radius 2 is 0.750 bits per heavy atom. The number of rotatable bonds is 16. The van der Waals surface area contributed by atoms with Crippen molar-refractivity contribution >= 4 is 57.2 Å². The Morgan fingerprint density at radius 1 is 0.438 bits per heavy atom. The topological polar surface area (TPSA) is 271 Å². The van der Waals surface area contributed by atoms with E-state index in [9.17, 15) is 74.7 Å². The zero-order valence-corrected chi connectivity index (χ0v) is 45.6. The summed E-state index contributed by atoms with van der Waals surface area (Å²) in [6.45, 7) is 0. The summed E-state index contributed by atoms with van der Waals surface area (Å²) in [6, 6.07) is 47.5. The van der Waals surface area contributed by atoms with Gasteiger partial charge in [0.1, 0.15) is 33.6 Å². The number of hydrogen-bond acceptors (Lipinski definition) is 10. The van der Waals surface area contributed by atoms with Crippen LogP contribution in [0.15, 0.2) is 194 Å². The molecule has 0 aliphatic carbocycles. The van der Waals surface area contributed by atoms with Crippen LogP contribution >= 0.6 is 15.2 Å². The van der Waals surface area contributed by atoms with Gasteiger partial charge in [0.2, 0.25) is 20.0 Å². The zero-order valence-electron chi connectivity index (χ0n) is 42.2. The zero-order chi connectivity index (χ0) is 57.3. The molecule has 6 atom stereocenters. The average molecular weight is 1170 g/mol. The number of halogens is 2. The molecule has 416 valence electrons. The molecule has 0 radical (unpaired) electrons. The minimum Gasteiger partial charge on any atom is -0.508 e. The molecule has 0 amide bonds. The second-order valence-electron chi connectivity index (χ2n) is 19.3. The summed E-state index contributed by atoms with van der Waals surface area (Å²) in [4.78, 5) is 37.4. The lowest BCUT2D eigenvalue weighted by atomic mass is 9.94. The molecule has 0 unspecified atom stereocenters. The maximum atomic E-state index is 13.5. The lowest BCUT2D eigenvalue weighted by Gasteiger charge is -2.48. The monoisotopic (exact) mass is 1170 g/mol. The molecule has 0 spiro atoms. The normalized spacial score (nSPS) is 19.1. The van der Waals surface area contributed by atoms with Crippen LogP contribution in [0.1, 0.15) is 72.2 Å². The van der Waals surface area contributed by atoms with Gasteiger partial charge in [0.05, 0.1) is 46.3 Å². The Bertz CT molecular complexity index is 3570. The van der Waals surface area contributed by atoms with Crippen LogP contribution in [0.3, 0.4) is 0 Å². The van der Waals surface area contributed by atoms with Crippen LogP contribution in [0.25, 0.3) is 22.3 Å². The van der Waals surface area contributed by atoms with Crippen LogP contribution in [0.2, 0.25) is 0 Å². The highest BCUT2D eigenvalue weighted by Crippen LogP contribution is 2.52. The molecule has 22 heteroatoms. The van der Waals surface area contributed by atoms with E-state index in [-0.39, 0.29) is 47.8 Å². The Labute approximate surface area is 460 Å². The third-order valence-electron chi connectivity index (χ3n) is 14.3. The number of phenolic OH excluding ortho intramolecular Hbond substituents is 2. The van der Waals surface area contributed by atoms with Crippen molar-refractivity contribution in [3.8, 4) is 33.8 Å². The first kappa shape index (κ1) is 57.6. The van der Waals surface area contributed by atoms with E-state index in [2.05, 4.69) is 0 Å². The molecule has 10 rings (SSSR count). The van der Waals surface area contributed by atoms with Crippen molar-refractivity contribution in [1.29, 1.82) is 0 Å². The largest absolute Gasteiger partial charge is 0.508 e. The predicted octanol–water partition coefficient (Wildman–Crippen LogP) is 9.55. The van der Waals surface area contributed by atoms with Gasteiger partial charge in [-0.15, -0.1) is 0 Å². The number of sulfonamides is 2. The molecule has 2 heterocycles. The first-order chi connectivity index (χ1) is 37.9. The van der Waals surface area contributed by atoms with E-state index in [0.29, 0.717) is 55.9 Å². The van der Waals surface area contributed by atoms with E-state index in [1.807, 2.05) is 0 Å².